The van der Waals surface area contributed by atoms with Crippen molar-refractivity contribution in [2.24, 2.45) is 0 Å². The molecule has 1 aliphatic rings. The summed E-state index contributed by atoms with van der Waals surface area (Å²) in [7, 11) is 0. The molecule has 0 aliphatic carbocycles. The van der Waals surface area contributed by atoms with Crippen molar-refractivity contribution in [3.63, 3.8) is 0 Å². The normalized spacial score (nSPS) is 15.4. The van der Waals surface area contributed by atoms with E-state index < -0.39 is 6.29 Å². The maximum absolute atomic E-state index is 10.2. The van der Waals surface area contributed by atoms with Crippen LogP contribution in [0, 0.1) is 0 Å². The van der Waals surface area contributed by atoms with E-state index >= 15 is 0 Å². The average Bonchev–Trinajstić information content (AvgIpc) is 2.54. The molecule has 0 amide bonds. The summed E-state index contributed by atoms with van der Waals surface area (Å²) in [6.45, 7) is 0. The van der Waals surface area contributed by atoms with Gasteiger partial charge in [0.2, 0.25) is 6.29 Å². The third-order valence-electron chi connectivity index (χ3n) is 4.00. The molecule has 1 heterocycles. The van der Waals surface area contributed by atoms with Gasteiger partial charge in [-0.25, -0.2) is 0 Å². The lowest BCUT2D eigenvalue weighted by atomic mass is 9.91. The number of fused-ring (bicyclic) bond motifs is 3. The Labute approximate surface area is 132 Å². The minimum Gasteiger partial charge on any atom is -0.508 e. The van der Waals surface area contributed by atoms with Gasteiger partial charge in [0, 0.05) is 17.7 Å². The molecule has 3 aromatic carbocycles. The molecule has 1 atom stereocenters. The van der Waals surface area contributed by atoms with Gasteiger partial charge in [0.15, 0.2) is 0 Å². The zero-order valence-electron chi connectivity index (χ0n) is 12.1. The number of aliphatic hydroxyl groups is 1. The largest absolute Gasteiger partial charge is 0.508 e. The summed E-state index contributed by atoms with van der Waals surface area (Å²) in [5, 5.41) is 30.0. The van der Waals surface area contributed by atoms with Gasteiger partial charge in [-0.3, -0.25) is 0 Å². The highest BCUT2D eigenvalue weighted by Gasteiger charge is 2.27. The average molecular weight is 306 g/mol. The van der Waals surface area contributed by atoms with Crippen molar-refractivity contribution in [1.29, 1.82) is 0 Å². The van der Waals surface area contributed by atoms with Gasteiger partial charge in [-0.1, -0.05) is 42.5 Å². The molecule has 0 fully saturated rings. The number of rotatable bonds is 1. The molecular weight excluding hydrogens is 292 g/mol. The van der Waals surface area contributed by atoms with Crippen molar-refractivity contribution in [3.8, 4) is 39.5 Å². The fourth-order valence-corrected chi connectivity index (χ4v) is 2.93. The maximum atomic E-state index is 10.2. The number of phenols is 2. The summed E-state index contributed by atoms with van der Waals surface area (Å²) in [5.74, 6) is 0.0576. The van der Waals surface area contributed by atoms with Gasteiger partial charge in [-0.05, 0) is 22.8 Å². The van der Waals surface area contributed by atoms with Gasteiger partial charge in [-0.15, -0.1) is 0 Å². The first-order chi connectivity index (χ1) is 11.1. The third kappa shape index (κ3) is 2.20. The molecule has 114 valence electrons. The first kappa shape index (κ1) is 13.7. The number of phenolic OH excluding ortho intramolecular Hbond substituents is 2. The highest BCUT2D eigenvalue weighted by molar-refractivity contribution is 5.84. The zero-order chi connectivity index (χ0) is 16.0. The van der Waals surface area contributed by atoms with E-state index in [9.17, 15) is 15.3 Å². The molecule has 0 spiro atoms. The zero-order valence-corrected chi connectivity index (χ0v) is 12.1. The van der Waals surface area contributed by atoms with E-state index in [2.05, 4.69) is 0 Å². The molecule has 4 heteroatoms. The van der Waals surface area contributed by atoms with Crippen molar-refractivity contribution < 1.29 is 20.1 Å². The summed E-state index contributed by atoms with van der Waals surface area (Å²) < 4.78 is 5.40. The van der Waals surface area contributed by atoms with E-state index in [1.54, 1.807) is 6.07 Å². The maximum Gasteiger partial charge on any atom is 0.224 e. The molecule has 4 rings (SSSR count). The molecule has 0 radical (unpaired) electrons. The predicted molar refractivity (Wildman–Crippen MR) is 86.2 cm³/mol. The SMILES string of the molecule is Oc1cc(O)c2c(c1)OC(O)c1ccc(-c3ccccc3)cc1-2. The molecule has 0 saturated carbocycles. The molecule has 0 aromatic heterocycles. The van der Waals surface area contributed by atoms with Crippen molar-refractivity contribution in [1.82, 2.24) is 0 Å². The topological polar surface area (TPSA) is 69.9 Å². The van der Waals surface area contributed by atoms with Crippen LogP contribution < -0.4 is 4.74 Å². The molecule has 3 aromatic rings. The Hall–Kier alpha value is -2.98. The fraction of sp³-hybridized carbons (Fsp3) is 0.0526. The lowest BCUT2D eigenvalue weighted by Crippen LogP contribution is -2.13. The summed E-state index contributed by atoms with van der Waals surface area (Å²) in [4.78, 5) is 0. The lowest BCUT2D eigenvalue weighted by Gasteiger charge is -2.26. The standard InChI is InChI=1S/C19H14O4/c20-13-9-16(21)18-15-8-12(11-4-2-1-3-5-11)6-7-14(15)19(22)23-17(18)10-13/h1-10,19-22H. The monoisotopic (exact) mass is 306 g/mol. The second-order valence-corrected chi connectivity index (χ2v) is 5.48. The van der Waals surface area contributed by atoms with Crippen LogP contribution in [0.3, 0.4) is 0 Å². The second-order valence-electron chi connectivity index (χ2n) is 5.48. The van der Waals surface area contributed by atoms with Crippen LogP contribution in [0.1, 0.15) is 11.9 Å². The molecule has 23 heavy (non-hydrogen) atoms. The first-order valence-corrected chi connectivity index (χ1v) is 7.24. The van der Waals surface area contributed by atoms with Crippen LogP contribution in [-0.2, 0) is 0 Å². The van der Waals surface area contributed by atoms with Crippen LogP contribution in [0.15, 0.2) is 60.7 Å². The number of hydrogen-bond acceptors (Lipinski definition) is 4. The minimum absolute atomic E-state index is 0.0849. The Morgan fingerprint density at radius 3 is 2.39 bits per heavy atom. The molecule has 1 aliphatic heterocycles. The number of aromatic hydroxyl groups is 2. The van der Waals surface area contributed by atoms with Crippen LogP contribution in [0.2, 0.25) is 0 Å². The van der Waals surface area contributed by atoms with Crippen molar-refractivity contribution in [3.05, 3.63) is 66.2 Å². The predicted octanol–water partition coefficient (Wildman–Crippen LogP) is 3.82. The van der Waals surface area contributed by atoms with Crippen LogP contribution in [0.4, 0.5) is 0 Å². The summed E-state index contributed by atoms with van der Waals surface area (Å²) in [6.07, 6.45) is -1.14. The highest BCUT2D eigenvalue weighted by atomic mass is 16.6. The Kier molecular flexibility index (Phi) is 2.99. The van der Waals surface area contributed by atoms with Gasteiger partial charge in [0.1, 0.15) is 17.2 Å². The van der Waals surface area contributed by atoms with E-state index in [0.29, 0.717) is 16.7 Å². The van der Waals surface area contributed by atoms with Gasteiger partial charge >= 0.3 is 0 Å². The Morgan fingerprint density at radius 2 is 1.61 bits per heavy atom. The van der Waals surface area contributed by atoms with Gasteiger partial charge in [-0.2, -0.15) is 0 Å². The minimum atomic E-state index is -1.14. The van der Waals surface area contributed by atoms with Crippen LogP contribution >= 0.6 is 0 Å². The smallest absolute Gasteiger partial charge is 0.224 e. The van der Waals surface area contributed by atoms with Crippen LogP contribution in [-0.4, -0.2) is 15.3 Å². The summed E-state index contributed by atoms with van der Waals surface area (Å²) in [5.41, 5.74) is 3.75. The Morgan fingerprint density at radius 1 is 0.826 bits per heavy atom. The van der Waals surface area contributed by atoms with Crippen molar-refractivity contribution in [2.75, 3.05) is 0 Å². The molecule has 4 nitrogen and oxygen atoms in total. The number of hydrogen-bond donors (Lipinski definition) is 3. The third-order valence-corrected chi connectivity index (χ3v) is 4.00. The molecular formula is C19H14O4. The molecule has 0 bridgehead atoms. The van der Waals surface area contributed by atoms with E-state index in [-0.39, 0.29) is 17.2 Å². The second kappa shape index (κ2) is 5.04. The summed E-state index contributed by atoms with van der Waals surface area (Å²) in [6, 6.07) is 18.1. The lowest BCUT2D eigenvalue weighted by molar-refractivity contribution is -0.0215. The summed E-state index contributed by atoms with van der Waals surface area (Å²) >= 11 is 0. The number of aliphatic hydroxyl groups excluding tert-OH is 1. The van der Waals surface area contributed by atoms with Crippen LogP contribution in [0.25, 0.3) is 22.3 Å². The van der Waals surface area contributed by atoms with Gasteiger partial charge in [0.05, 0.1) is 5.56 Å². The molecule has 3 N–H and O–H groups in total. The highest BCUT2D eigenvalue weighted by Crippen LogP contribution is 2.48. The number of benzene rings is 3. The molecule has 1 unspecified atom stereocenters. The Balaban J connectivity index is 1.95. The molecule has 0 saturated heterocycles. The first-order valence-electron chi connectivity index (χ1n) is 7.24. The van der Waals surface area contributed by atoms with Crippen LogP contribution in [0.5, 0.6) is 17.2 Å². The van der Waals surface area contributed by atoms with Crippen molar-refractivity contribution >= 4 is 0 Å². The number of ether oxygens (including phenoxy) is 1. The quantitative estimate of drug-likeness (QED) is 0.639. The van der Waals surface area contributed by atoms with E-state index in [1.165, 1.54) is 12.1 Å². The van der Waals surface area contributed by atoms with E-state index in [0.717, 1.165) is 11.1 Å². The van der Waals surface area contributed by atoms with E-state index in [4.69, 9.17) is 4.74 Å². The Bertz CT molecular complexity index is 887. The van der Waals surface area contributed by atoms with Gasteiger partial charge in [0.25, 0.3) is 0 Å². The fourth-order valence-electron chi connectivity index (χ4n) is 2.93. The van der Waals surface area contributed by atoms with E-state index in [1.807, 2.05) is 42.5 Å². The van der Waals surface area contributed by atoms with Gasteiger partial charge < -0.3 is 20.1 Å². The van der Waals surface area contributed by atoms with Crippen molar-refractivity contribution in [2.45, 2.75) is 6.29 Å².